The van der Waals surface area contributed by atoms with Gasteiger partial charge in [-0.2, -0.15) is 0 Å². The number of ether oxygens (including phenoxy) is 1. The molecule has 2 unspecified atom stereocenters. The van der Waals surface area contributed by atoms with Crippen molar-refractivity contribution in [1.82, 2.24) is 5.32 Å². The summed E-state index contributed by atoms with van der Waals surface area (Å²) in [5, 5.41) is 3.57. The minimum absolute atomic E-state index is 0.162. The lowest BCUT2D eigenvalue weighted by atomic mass is 10.00. The van der Waals surface area contributed by atoms with E-state index >= 15 is 0 Å². The van der Waals surface area contributed by atoms with Gasteiger partial charge in [-0.15, -0.1) is 0 Å². The summed E-state index contributed by atoms with van der Waals surface area (Å²) in [5.41, 5.74) is 1.02. The number of halogens is 1. The van der Waals surface area contributed by atoms with Crippen LogP contribution in [0.3, 0.4) is 0 Å². The Labute approximate surface area is 114 Å². The highest BCUT2D eigenvalue weighted by molar-refractivity contribution is 5.37. The van der Waals surface area contributed by atoms with Crippen molar-refractivity contribution in [1.29, 1.82) is 0 Å². The first-order valence-corrected chi connectivity index (χ1v) is 7.39. The van der Waals surface area contributed by atoms with Crippen LogP contribution in [0.2, 0.25) is 0 Å². The fourth-order valence-electron chi connectivity index (χ4n) is 2.68. The van der Waals surface area contributed by atoms with Crippen LogP contribution in [0.4, 0.5) is 4.39 Å². The number of rotatable bonds is 6. The molecule has 1 fully saturated rings. The summed E-state index contributed by atoms with van der Waals surface area (Å²) in [4.78, 5) is 0. The van der Waals surface area contributed by atoms with E-state index in [1.54, 1.807) is 12.1 Å². The Bertz CT molecular complexity index is 444. The number of benzene rings is 1. The second-order valence-corrected chi connectivity index (χ2v) is 6.06. The third-order valence-electron chi connectivity index (χ3n) is 4.08. The molecular weight excluding hydrogens is 241 g/mol. The molecule has 1 aromatic rings. The highest BCUT2D eigenvalue weighted by atomic mass is 19.1. The van der Waals surface area contributed by atoms with E-state index < -0.39 is 0 Å². The molecule has 0 aromatic heterocycles. The van der Waals surface area contributed by atoms with Crippen molar-refractivity contribution in [3.8, 4) is 5.75 Å². The van der Waals surface area contributed by atoms with E-state index in [4.69, 9.17) is 4.74 Å². The van der Waals surface area contributed by atoms with Gasteiger partial charge in [0.25, 0.3) is 0 Å². The van der Waals surface area contributed by atoms with Crippen LogP contribution in [-0.4, -0.2) is 18.7 Å². The van der Waals surface area contributed by atoms with Crippen LogP contribution in [0.25, 0.3) is 0 Å². The van der Waals surface area contributed by atoms with E-state index in [1.807, 2.05) is 0 Å². The molecule has 1 aliphatic carbocycles. The van der Waals surface area contributed by atoms with E-state index in [0.29, 0.717) is 5.92 Å². The van der Waals surface area contributed by atoms with Gasteiger partial charge in [-0.3, -0.25) is 0 Å². The van der Waals surface area contributed by atoms with E-state index in [1.165, 1.54) is 25.3 Å². The molecule has 0 bridgehead atoms. The minimum Gasteiger partial charge on any atom is -0.490 e. The minimum atomic E-state index is -0.162. The molecule has 3 rings (SSSR count). The van der Waals surface area contributed by atoms with Gasteiger partial charge in [-0.1, -0.05) is 6.92 Å². The van der Waals surface area contributed by atoms with Crippen LogP contribution < -0.4 is 10.1 Å². The SMILES string of the molecule is CC(CCC1Cc2cc(F)ccc2O1)CNC1CC1. The van der Waals surface area contributed by atoms with Crippen molar-refractivity contribution < 1.29 is 9.13 Å². The third-order valence-corrected chi connectivity index (χ3v) is 4.08. The van der Waals surface area contributed by atoms with Crippen LogP contribution in [0.1, 0.15) is 38.2 Å². The molecule has 0 saturated heterocycles. The number of hydrogen-bond acceptors (Lipinski definition) is 2. The summed E-state index contributed by atoms with van der Waals surface area (Å²) in [6.07, 6.45) is 6.01. The Kier molecular flexibility index (Phi) is 3.74. The fourth-order valence-corrected chi connectivity index (χ4v) is 2.68. The van der Waals surface area contributed by atoms with Crippen LogP contribution >= 0.6 is 0 Å². The van der Waals surface area contributed by atoms with Crippen molar-refractivity contribution in [2.75, 3.05) is 6.54 Å². The second kappa shape index (κ2) is 5.49. The molecule has 19 heavy (non-hydrogen) atoms. The van der Waals surface area contributed by atoms with Gasteiger partial charge in [0.15, 0.2) is 0 Å². The number of nitrogens with one attached hydrogen (secondary N) is 1. The quantitative estimate of drug-likeness (QED) is 0.850. The largest absolute Gasteiger partial charge is 0.490 e. The zero-order valence-corrected chi connectivity index (χ0v) is 11.5. The lowest BCUT2D eigenvalue weighted by Gasteiger charge is -2.15. The topological polar surface area (TPSA) is 21.3 Å². The zero-order valence-electron chi connectivity index (χ0n) is 11.5. The maximum Gasteiger partial charge on any atom is 0.123 e. The Morgan fingerprint density at radius 1 is 1.42 bits per heavy atom. The molecule has 0 amide bonds. The van der Waals surface area contributed by atoms with Gasteiger partial charge < -0.3 is 10.1 Å². The molecule has 1 aromatic carbocycles. The first-order chi connectivity index (χ1) is 9.20. The van der Waals surface area contributed by atoms with Gasteiger partial charge in [0.05, 0.1) is 0 Å². The molecule has 1 saturated carbocycles. The standard InChI is InChI=1S/C16H22FNO/c1-11(10-18-14-4-5-14)2-6-15-9-12-8-13(17)3-7-16(12)19-15/h3,7-8,11,14-15,18H,2,4-6,9-10H2,1H3. The average Bonchev–Trinajstić information content (AvgIpc) is 3.13. The number of fused-ring (bicyclic) bond motifs is 1. The average molecular weight is 263 g/mol. The van der Waals surface area contributed by atoms with Crippen LogP contribution in [0.5, 0.6) is 5.75 Å². The molecule has 104 valence electrons. The van der Waals surface area contributed by atoms with Gasteiger partial charge in [0, 0.05) is 18.0 Å². The molecule has 0 spiro atoms. The highest BCUT2D eigenvalue weighted by Crippen LogP contribution is 2.31. The maximum absolute atomic E-state index is 13.1. The molecule has 0 radical (unpaired) electrons. The molecule has 1 heterocycles. The maximum atomic E-state index is 13.1. The molecule has 2 aliphatic rings. The van der Waals surface area contributed by atoms with E-state index in [-0.39, 0.29) is 11.9 Å². The highest BCUT2D eigenvalue weighted by Gasteiger charge is 2.24. The van der Waals surface area contributed by atoms with Gasteiger partial charge in [-0.25, -0.2) is 4.39 Å². The van der Waals surface area contributed by atoms with Crippen molar-refractivity contribution >= 4 is 0 Å². The normalized spacial score (nSPS) is 22.9. The molecule has 3 heteroatoms. The summed E-state index contributed by atoms with van der Waals surface area (Å²) in [7, 11) is 0. The first kappa shape index (κ1) is 12.9. The van der Waals surface area contributed by atoms with Gasteiger partial charge >= 0.3 is 0 Å². The van der Waals surface area contributed by atoms with Crippen molar-refractivity contribution in [2.24, 2.45) is 5.92 Å². The Morgan fingerprint density at radius 3 is 3.05 bits per heavy atom. The summed E-state index contributed by atoms with van der Waals surface area (Å²) in [6, 6.07) is 5.62. The summed E-state index contributed by atoms with van der Waals surface area (Å²) in [6.45, 7) is 3.40. The van der Waals surface area contributed by atoms with E-state index in [2.05, 4.69) is 12.2 Å². The van der Waals surface area contributed by atoms with Crippen molar-refractivity contribution in [3.05, 3.63) is 29.6 Å². The van der Waals surface area contributed by atoms with Gasteiger partial charge in [0.2, 0.25) is 0 Å². The van der Waals surface area contributed by atoms with Crippen LogP contribution in [-0.2, 0) is 6.42 Å². The monoisotopic (exact) mass is 263 g/mol. The Hall–Kier alpha value is -1.09. The third kappa shape index (κ3) is 3.47. The summed E-state index contributed by atoms with van der Waals surface area (Å²) < 4.78 is 19.0. The molecule has 1 N–H and O–H groups in total. The van der Waals surface area contributed by atoms with E-state index in [0.717, 1.165) is 36.7 Å². The second-order valence-electron chi connectivity index (χ2n) is 6.06. The predicted molar refractivity (Wildman–Crippen MR) is 73.9 cm³/mol. The molecule has 2 atom stereocenters. The smallest absolute Gasteiger partial charge is 0.123 e. The summed E-state index contributed by atoms with van der Waals surface area (Å²) >= 11 is 0. The molecule has 2 nitrogen and oxygen atoms in total. The van der Waals surface area contributed by atoms with Gasteiger partial charge in [-0.05, 0) is 56.3 Å². The zero-order chi connectivity index (χ0) is 13.2. The fraction of sp³-hybridized carbons (Fsp3) is 0.625. The van der Waals surface area contributed by atoms with Crippen LogP contribution in [0, 0.1) is 11.7 Å². The van der Waals surface area contributed by atoms with Crippen molar-refractivity contribution in [3.63, 3.8) is 0 Å². The predicted octanol–water partition coefficient (Wildman–Crippen LogP) is 3.30. The van der Waals surface area contributed by atoms with Gasteiger partial charge in [0.1, 0.15) is 17.7 Å². The van der Waals surface area contributed by atoms with Crippen molar-refractivity contribution in [2.45, 2.75) is 51.2 Å². The summed E-state index contributed by atoms with van der Waals surface area (Å²) in [5.74, 6) is 1.39. The Morgan fingerprint density at radius 2 is 2.26 bits per heavy atom. The Balaban J connectivity index is 1.42. The lowest BCUT2D eigenvalue weighted by Crippen LogP contribution is -2.24. The van der Waals surface area contributed by atoms with E-state index in [9.17, 15) is 4.39 Å². The number of hydrogen-bond donors (Lipinski definition) is 1. The molecular formula is C16H22FNO. The first-order valence-electron chi connectivity index (χ1n) is 7.39. The lowest BCUT2D eigenvalue weighted by molar-refractivity contribution is 0.209. The van der Waals surface area contributed by atoms with Crippen LogP contribution in [0.15, 0.2) is 18.2 Å². The molecule has 1 aliphatic heterocycles.